The molecule has 1 aliphatic rings. The van der Waals surface area contributed by atoms with E-state index < -0.39 is 0 Å². The minimum Gasteiger partial charge on any atom is -0.450 e. The highest BCUT2D eigenvalue weighted by Crippen LogP contribution is 2.11. The number of likely N-dealkylation sites (tertiary alicyclic amines) is 1. The second-order valence-corrected chi connectivity index (χ2v) is 5.90. The Bertz CT molecular complexity index is 384. The summed E-state index contributed by atoms with van der Waals surface area (Å²) in [6.45, 7) is 7.08. The van der Waals surface area contributed by atoms with E-state index in [0.29, 0.717) is 25.7 Å². The second-order valence-electron chi connectivity index (χ2n) is 5.90. The summed E-state index contributed by atoms with van der Waals surface area (Å²) in [4.78, 5) is 19.9. The van der Waals surface area contributed by atoms with Crippen molar-refractivity contribution in [3.63, 3.8) is 0 Å². The number of hydrogen-bond acceptors (Lipinski definition) is 5. The van der Waals surface area contributed by atoms with Gasteiger partial charge >= 0.3 is 6.09 Å². The van der Waals surface area contributed by atoms with Crippen molar-refractivity contribution in [2.24, 2.45) is 4.99 Å². The maximum absolute atomic E-state index is 11.7. The van der Waals surface area contributed by atoms with Crippen molar-refractivity contribution in [1.82, 2.24) is 20.4 Å². The number of methoxy groups -OCH3 is 1. The second kappa shape index (κ2) is 11.9. The molecule has 0 atom stereocenters. The Morgan fingerprint density at radius 1 is 1.33 bits per heavy atom. The third kappa shape index (κ3) is 7.83. The van der Waals surface area contributed by atoms with Crippen molar-refractivity contribution in [3.8, 4) is 0 Å². The van der Waals surface area contributed by atoms with Gasteiger partial charge in [0, 0.05) is 52.9 Å². The van der Waals surface area contributed by atoms with Gasteiger partial charge in [-0.05, 0) is 26.8 Å². The first-order chi connectivity index (χ1) is 11.6. The zero-order valence-corrected chi connectivity index (χ0v) is 15.5. The quantitative estimate of drug-likeness (QED) is 0.489. The van der Waals surface area contributed by atoms with Crippen LogP contribution in [-0.4, -0.2) is 95.0 Å². The number of piperidine rings is 1. The van der Waals surface area contributed by atoms with E-state index in [1.807, 2.05) is 6.92 Å². The fourth-order valence-electron chi connectivity index (χ4n) is 2.53. The fraction of sp³-hybridized carbons (Fsp3) is 0.875. The molecule has 0 aromatic heterocycles. The molecule has 1 heterocycles. The number of aliphatic imine (C=N–C) groups is 1. The van der Waals surface area contributed by atoms with Crippen LogP contribution < -0.4 is 10.6 Å². The third-order valence-corrected chi connectivity index (χ3v) is 4.05. The van der Waals surface area contributed by atoms with E-state index >= 15 is 0 Å². The first kappa shape index (κ1) is 20.5. The number of nitrogens with one attached hydrogen (secondary N) is 2. The fourth-order valence-corrected chi connectivity index (χ4v) is 2.53. The Hall–Kier alpha value is -1.54. The van der Waals surface area contributed by atoms with Gasteiger partial charge in [-0.2, -0.15) is 0 Å². The van der Waals surface area contributed by atoms with Crippen molar-refractivity contribution in [1.29, 1.82) is 0 Å². The highest BCUT2D eigenvalue weighted by molar-refractivity contribution is 5.80. The van der Waals surface area contributed by atoms with Gasteiger partial charge < -0.3 is 29.9 Å². The predicted molar refractivity (Wildman–Crippen MR) is 95.5 cm³/mol. The number of carbonyl (C=O) groups is 1. The van der Waals surface area contributed by atoms with E-state index in [-0.39, 0.29) is 6.09 Å². The lowest BCUT2D eigenvalue weighted by molar-refractivity contribution is 0.0963. The van der Waals surface area contributed by atoms with E-state index in [1.165, 1.54) is 0 Å². The summed E-state index contributed by atoms with van der Waals surface area (Å²) >= 11 is 0. The molecule has 0 radical (unpaired) electrons. The standard InChI is InChI=1S/C16H33N5O3/c1-5-24-16(22)21-9-6-14(7-10-21)19-15(17-2)18-8-11-20(3)12-13-23-4/h14H,5-13H2,1-4H3,(H2,17,18,19). The monoisotopic (exact) mass is 343 g/mol. The SMILES string of the molecule is CCOC(=O)N1CCC(NC(=NC)NCCN(C)CCOC)CC1. The Kier molecular flexibility index (Phi) is 10.2. The molecule has 1 saturated heterocycles. The van der Waals surface area contributed by atoms with Crippen LogP contribution in [0.1, 0.15) is 19.8 Å². The van der Waals surface area contributed by atoms with Crippen molar-refractivity contribution >= 4 is 12.1 Å². The zero-order chi connectivity index (χ0) is 17.8. The molecule has 0 aromatic carbocycles. The first-order valence-corrected chi connectivity index (χ1v) is 8.67. The molecule has 8 nitrogen and oxygen atoms in total. The van der Waals surface area contributed by atoms with E-state index in [0.717, 1.165) is 45.0 Å². The van der Waals surface area contributed by atoms with Gasteiger partial charge in [-0.1, -0.05) is 0 Å². The molecule has 0 aliphatic carbocycles. The Balaban J connectivity index is 2.23. The van der Waals surface area contributed by atoms with Crippen LogP contribution in [0.5, 0.6) is 0 Å². The molecule has 1 amide bonds. The maximum atomic E-state index is 11.7. The summed E-state index contributed by atoms with van der Waals surface area (Å²) in [5.74, 6) is 0.810. The average Bonchev–Trinajstić information content (AvgIpc) is 2.59. The number of hydrogen-bond donors (Lipinski definition) is 2. The lowest BCUT2D eigenvalue weighted by Gasteiger charge is -2.32. The van der Waals surface area contributed by atoms with Crippen molar-refractivity contribution in [3.05, 3.63) is 0 Å². The van der Waals surface area contributed by atoms with Crippen molar-refractivity contribution < 1.29 is 14.3 Å². The summed E-state index contributed by atoms with van der Waals surface area (Å²) in [5.41, 5.74) is 0. The number of nitrogens with zero attached hydrogens (tertiary/aromatic N) is 3. The smallest absolute Gasteiger partial charge is 0.409 e. The molecule has 8 heteroatoms. The zero-order valence-electron chi connectivity index (χ0n) is 15.5. The van der Waals surface area contributed by atoms with Crippen LogP contribution in [0.4, 0.5) is 4.79 Å². The van der Waals surface area contributed by atoms with Gasteiger partial charge in [-0.3, -0.25) is 4.99 Å². The van der Waals surface area contributed by atoms with Crippen LogP contribution in [-0.2, 0) is 9.47 Å². The van der Waals surface area contributed by atoms with Gasteiger partial charge in [0.2, 0.25) is 0 Å². The van der Waals surface area contributed by atoms with Gasteiger partial charge in [0.15, 0.2) is 5.96 Å². The molecule has 1 aliphatic heterocycles. The first-order valence-electron chi connectivity index (χ1n) is 8.67. The Labute approximate surface area is 145 Å². The van der Waals surface area contributed by atoms with Crippen LogP contribution in [0.25, 0.3) is 0 Å². The van der Waals surface area contributed by atoms with Gasteiger partial charge in [0.05, 0.1) is 13.2 Å². The molecular weight excluding hydrogens is 310 g/mol. The molecule has 24 heavy (non-hydrogen) atoms. The maximum Gasteiger partial charge on any atom is 0.409 e. The number of carbonyl (C=O) groups excluding carboxylic acids is 1. The van der Waals surface area contributed by atoms with Crippen LogP contribution in [0, 0.1) is 0 Å². The predicted octanol–water partition coefficient (Wildman–Crippen LogP) is 0.351. The minimum atomic E-state index is -0.211. The summed E-state index contributed by atoms with van der Waals surface area (Å²) in [5, 5.41) is 6.76. The number of likely N-dealkylation sites (N-methyl/N-ethyl adjacent to an activating group) is 1. The normalized spacial score (nSPS) is 16.4. The molecule has 0 bridgehead atoms. The van der Waals surface area contributed by atoms with Crippen LogP contribution >= 0.6 is 0 Å². The molecule has 1 fully saturated rings. The average molecular weight is 343 g/mol. The summed E-state index contributed by atoms with van der Waals surface area (Å²) in [6.07, 6.45) is 1.58. The Morgan fingerprint density at radius 2 is 2.04 bits per heavy atom. The molecule has 0 unspecified atom stereocenters. The highest BCUT2D eigenvalue weighted by atomic mass is 16.6. The third-order valence-electron chi connectivity index (χ3n) is 4.05. The molecule has 140 valence electrons. The van der Waals surface area contributed by atoms with Gasteiger partial charge in [-0.25, -0.2) is 4.79 Å². The summed E-state index contributed by atoms with van der Waals surface area (Å²) < 4.78 is 10.1. The van der Waals surface area contributed by atoms with Crippen molar-refractivity contribution in [2.45, 2.75) is 25.8 Å². The van der Waals surface area contributed by atoms with Crippen LogP contribution in [0.2, 0.25) is 0 Å². The number of rotatable bonds is 8. The lowest BCUT2D eigenvalue weighted by Crippen LogP contribution is -2.50. The number of amides is 1. The number of ether oxygens (including phenoxy) is 2. The van der Waals surface area contributed by atoms with Crippen LogP contribution in [0.15, 0.2) is 4.99 Å². The molecule has 0 aromatic rings. The van der Waals surface area contributed by atoms with Gasteiger partial charge in [0.1, 0.15) is 0 Å². The largest absolute Gasteiger partial charge is 0.450 e. The van der Waals surface area contributed by atoms with Crippen LogP contribution in [0.3, 0.4) is 0 Å². The molecule has 0 saturated carbocycles. The summed E-state index contributed by atoms with van der Waals surface area (Å²) in [6, 6.07) is 0.327. The highest BCUT2D eigenvalue weighted by Gasteiger charge is 2.23. The van der Waals surface area contributed by atoms with Gasteiger partial charge in [-0.15, -0.1) is 0 Å². The molecular formula is C16H33N5O3. The van der Waals surface area contributed by atoms with E-state index in [2.05, 4.69) is 27.6 Å². The lowest BCUT2D eigenvalue weighted by atomic mass is 10.1. The minimum absolute atomic E-state index is 0.211. The van der Waals surface area contributed by atoms with Crippen molar-refractivity contribution in [2.75, 3.05) is 67.1 Å². The molecule has 0 spiro atoms. The topological polar surface area (TPSA) is 78.4 Å². The van der Waals surface area contributed by atoms with E-state index in [9.17, 15) is 4.79 Å². The van der Waals surface area contributed by atoms with E-state index in [1.54, 1.807) is 19.1 Å². The molecule has 2 N–H and O–H groups in total. The number of guanidine groups is 1. The van der Waals surface area contributed by atoms with E-state index in [4.69, 9.17) is 9.47 Å². The van der Waals surface area contributed by atoms with Gasteiger partial charge in [0.25, 0.3) is 0 Å². The summed E-state index contributed by atoms with van der Waals surface area (Å²) in [7, 11) is 5.56. The molecule has 1 rings (SSSR count). The Morgan fingerprint density at radius 3 is 2.62 bits per heavy atom.